The maximum Gasteiger partial charge on any atom is 0.152 e. The van der Waals surface area contributed by atoms with E-state index in [1.165, 1.54) is 71.5 Å². The van der Waals surface area contributed by atoms with Crippen LogP contribution in [0.3, 0.4) is 0 Å². The van der Waals surface area contributed by atoms with E-state index in [0.29, 0.717) is 0 Å². The highest BCUT2D eigenvalue weighted by atomic mass is 16.5. The van der Waals surface area contributed by atoms with Crippen LogP contribution in [0.25, 0.3) is 88.4 Å². The van der Waals surface area contributed by atoms with Gasteiger partial charge in [-0.3, -0.25) is 0 Å². The van der Waals surface area contributed by atoms with E-state index < -0.39 is 0 Å². The quantitative estimate of drug-likeness (QED) is 0.185. The van der Waals surface area contributed by atoms with Crippen LogP contribution in [0.5, 0.6) is 11.5 Å². The predicted molar refractivity (Wildman–Crippen MR) is 212 cm³/mol. The molecule has 3 nitrogen and oxygen atoms in total. The second-order valence-electron chi connectivity index (χ2n) is 13.4. The van der Waals surface area contributed by atoms with Crippen LogP contribution < -0.4 is 4.74 Å². The van der Waals surface area contributed by atoms with Gasteiger partial charge in [-0.1, -0.05) is 121 Å². The molecule has 0 spiro atoms. The number of ether oxygens (including phenoxy) is 1. The predicted octanol–water partition coefficient (Wildman–Crippen LogP) is 13.0. The molecule has 3 heteroatoms. The van der Waals surface area contributed by atoms with Gasteiger partial charge in [-0.05, 0) is 94.0 Å². The number of rotatable bonds is 4. The van der Waals surface area contributed by atoms with Gasteiger partial charge in [-0.15, -0.1) is 0 Å². The van der Waals surface area contributed by atoms with Gasteiger partial charge in [0.15, 0.2) is 11.5 Å². The molecule has 8 aromatic carbocycles. The number of hydrogen-bond acceptors (Lipinski definition) is 1. The first-order valence-electron chi connectivity index (χ1n) is 17.4. The molecule has 0 N–H and O–H groups in total. The zero-order valence-electron chi connectivity index (χ0n) is 27.6. The molecule has 3 heterocycles. The monoisotopic (exact) mass is 650 g/mol. The van der Waals surface area contributed by atoms with E-state index in [-0.39, 0.29) is 0 Å². The third-order valence-corrected chi connectivity index (χ3v) is 10.5. The van der Waals surface area contributed by atoms with Gasteiger partial charge >= 0.3 is 0 Å². The molecule has 238 valence electrons. The van der Waals surface area contributed by atoms with Crippen molar-refractivity contribution in [2.24, 2.45) is 0 Å². The zero-order chi connectivity index (χ0) is 33.5. The molecular weight excluding hydrogens is 621 g/mol. The van der Waals surface area contributed by atoms with E-state index in [0.717, 1.165) is 28.4 Å². The van der Waals surface area contributed by atoms with Crippen molar-refractivity contribution in [2.75, 3.05) is 0 Å². The summed E-state index contributed by atoms with van der Waals surface area (Å²) in [6.07, 6.45) is 0. The molecule has 11 rings (SSSR count). The molecule has 0 bridgehead atoms. The highest BCUT2D eigenvalue weighted by Gasteiger charge is 2.23. The lowest BCUT2D eigenvalue weighted by molar-refractivity contribution is 0.476. The Balaban J connectivity index is 1.11. The molecule has 0 aliphatic carbocycles. The zero-order valence-corrected chi connectivity index (χ0v) is 27.6. The largest absolute Gasteiger partial charge is 0.453 e. The molecule has 0 saturated carbocycles. The number of benzene rings is 8. The number of para-hydroxylation sites is 3. The van der Waals surface area contributed by atoms with E-state index >= 15 is 0 Å². The average molecular weight is 651 g/mol. The van der Waals surface area contributed by atoms with Gasteiger partial charge < -0.3 is 13.9 Å². The molecule has 2 aromatic heterocycles. The molecular formula is C48H30N2O. The normalized spacial score (nSPS) is 12.1. The van der Waals surface area contributed by atoms with Gasteiger partial charge in [0.1, 0.15) is 0 Å². The highest BCUT2D eigenvalue weighted by molar-refractivity contribution is 6.13. The first-order valence-corrected chi connectivity index (χ1v) is 17.4. The number of aromatic nitrogens is 2. The molecule has 1 aliphatic heterocycles. The number of nitrogens with zero attached hydrogens (tertiary/aromatic N) is 2. The molecule has 0 amide bonds. The van der Waals surface area contributed by atoms with Gasteiger partial charge in [-0.25, -0.2) is 0 Å². The minimum atomic E-state index is 0.875. The highest BCUT2D eigenvalue weighted by Crippen LogP contribution is 2.46. The smallest absolute Gasteiger partial charge is 0.152 e. The summed E-state index contributed by atoms with van der Waals surface area (Å²) in [5.74, 6) is 1.77. The van der Waals surface area contributed by atoms with Crippen LogP contribution in [-0.4, -0.2) is 9.13 Å². The van der Waals surface area contributed by atoms with Gasteiger partial charge in [-0.2, -0.15) is 0 Å². The van der Waals surface area contributed by atoms with Crippen molar-refractivity contribution in [3.05, 3.63) is 182 Å². The molecule has 0 unspecified atom stereocenters. The fourth-order valence-corrected chi connectivity index (χ4v) is 8.14. The van der Waals surface area contributed by atoms with Gasteiger partial charge in [0.2, 0.25) is 0 Å². The van der Waals surface area contributed by atoms with Gasteiger partial charge in [0.05, 0.1) is 27.8 Å². The summed E-state index contributed by atoms with van der Waals surface area (Å²) in [4.78, 5) is 0. The van der Waals surface area contributed by atoms with Crippen molar-refractivity contribution in [3.8, 4) is 56.3 Å². The van der Waals surface area contributed by atoms with E-state index in [1.54, 1.807) is 0 Å². The van der Waals surface area contributed by atoms with Gasteiger partial charge in [0, 0.05) is 27.2 Å². The van der Waals surface area contributed by atoms with Crippen LogP contribution in [0.1, 0.15) is 0 Å². The maximum atomic E-state index is 6.36. The van der Waals surface area contributed by atoms with Crippen LogP contribution in [0, 0.1) is 0 Å². The van der Waals surface area contributed by atoms with Crippen molar-refractivity contribution >= 4 is 43.6 Å². The Morgan fingerprint density at radius 1 is 0.314 bits per heavy atom. The first-order chi connectivity index (χ1) is 25.3. The molecule has 0 fully saturated rings. The van der Waals surface area contributed by atoms with E-state index in [2.05, 4.69) is 179 Å². The lowest BCUT2D eigenvalue weighted by Crippen LogP contribution is -2.03. The van der Waals surface area contributed by atoms with Crippen LogP contribution >= 0.6 is 0 Å². The van der Waals surface area contributed by atoms with Crippen LogP contribution in [0.4, 0.5) is 0 Å². The molecule has 0 radical (unpaired) electrons. The standard InChI is InChI=1S/C48H30N2O/c1-3-11-31(12-4-1)34-22-25-42-40(28-34)41-29-35(32-13-5-2-6-14-32)23-26-43(41)49(42)37-16-9-15-33(27-37)36-21-24-38-39-17-10-20-47-48(39)50(45(38)30-36)44-18-7-8-19-46(44)51-47/h1-30H. The fourth-order valence-electron chi connectivity index (χ4n) is 8.14. The molecule has 1 aliphatic rings. The van der Waals surface area contributed by atoms with Crippen molar-refractivity contribution in [3.63, 3.8) is 0 Å². The Bertz CT molecular complexity index is 2890. The summed E-state index contributed by atoms with van der Waals surface area (Å²) < 4.78 is 11.2. The second-order valence-corrected chi connectivity index (χ2v) is 13.4. The summed E-state index contributed by atoms with van der Waals surface area (Å²) in [5.41, 5.74) is 14.1. The van der Waals surface area contributed by atoms with E-state index in [1.807, 2.05) is 12.1 Å². The maximum absolute atomic E-state index is 6.36. The fraction of sp³-hybridized carbons (Fsp3) is 0. The SMILES string of the molecule is c1ccc(-c2ccc3c(c2)c2cc(-c4ccccc4)ccc2n3-c2cccc(-c3ccc4c5cccc6c5n(c4c3)-c3ccccc3O6)c2)cc1. The van der Waals surface area contributed by atoms with E-state index in [4.69, 9.17) is 4.74 Å². The summed E-state index contributed by atoms with van der Waals surface area (Å²) in [6.45, 7) is 0. The van der Waals surface area contributed by atoms with Crippen molar-refractivity contribution in [1.29, 1.82) is 0 Å². The summed E-state index contributed by atoms with van der Waals surface area (Å²) in [5, 5.41) is 4.91. The Kier molecular flexibility index (Phi) is 5.96. The topological polar surface area (TPSA) is 19.1 Å². The average Bonchev–Trinajstić information content (AvgIpc) is 3.71. The Hall–Kier alpha value is -6.84. The van der Waals surface area contributed by atoms with Crippen molar-refractivity contribution in [2.45, 2.75) is 0 Å². The number of hydrogen-bond donors (Lipinski definition) is 0. The summed E-state index contributed by atoms with van der Waals surface area (Å²) >= 11 is 0. The van der Waals surface area contributed by atoms with Crippen LogP contribution in [0.15, 0.2) is 182 Å². The van der Waals surface area contributed by atoms with Crippen LogP contribution in [0.2, 0.25) is 0 Å². The Morgan fingerprint density at radius 2 is 0.882 bits per heavy atom. The Morgan fingerprint density at radius 3 is 1.61 bits per heavy atom. The third-order valence-electron chi connectivity index (χ3n) is 10.5. The van der Waals surface area contributed by atoms with Crippen molar-refractivity contribution < 1.29 is 4.74 Å². The first kappa shape index (κ1) is 28.0. The van der Waals surface area contributed by atoms with Gasteiger partial charge in [0.25, 0.3) is 0 Å². The molecule has 10 aromatic rings. The van der Waals surface area contributed by atoms with Crippen LogP contribution in [-0.2, 0) is 0 Å². The second kappa shape index (κ2) is 10.8. The summed E-state index contributed by atoms with van der Waals surface area (Å²) in [6, 6.07) is 65.6. The number of fused-ring (bicyclic) bond motifs is 8. The lowest BCUT2D eigenvalue weighted by atomic mass is 10.0. The Labute approximate surface area is 294 Å². The summed E-state index contributed by atoms with van der Waals surface area (Å²) in [7, 11) is 0. The molecule has 0 atom stereocenters. The van der Waals surface area contributed by atoms with Crippen molar-refractivity contribution in [1.82, 2.24) is 9.13 Å². The minimum Gasteiger partial charge on any atom is -0.453 e. The lowest BCUT2D eigenvalue weighted by Gasteiger charge is -2.20. The van der Waals surface area contributed by atoms with E-state index in [9.17, 15) is 0 Å². The third kappa shape index (κ3) is 4.25. The molecule has 0 saturated heterocycles. The molecule has 51 heavy (non-hydrogen) atoms. The minimum absolute atomic E-state index is 0.875.